The Hall–Kier alpha value is -1.51. The Morgan fingerprint density at radius 3 is 2.37 bits per heavy atom. The second kappa shape index (κ2) is 10.0. The van der Waals surface area contributed by atoms with Gasteiger partial charge in [-0.1, -0.05) is 20.8 Å². The van der Waals surface area contributed by atoms with Gasteiger partial charge >= 0.3 is 11.9 Å². The molecule has 4 saturated carbocycles. The van der Waals surface area contributed by atoms with Crippen molar-refractivity contribution in [3.63, 3.8) is 0 Å². The molecule has 4 aliphatic carbocycles. The molecule has 0 radical (unpaired) electrons. The van der Waals surface area contributed by atoms with Gasteiger partial charge in [0.15, 0.2) is 0 Å². The lowest BCUT2D eigenvalue weighted by atomic mass is 9.44. The summed E-state index contributed by atoms with van der Waals surface area (Å²) >= 11 is 0. The molecule has 0 bridgehead atoms. The van der Waals surface area contributed by atoms with Gasteiger partial charge in [0.05, 0.1) is 12.7 Å². The van der Waals surface area contributed by atoms with Crippen LogP contribution in [-0.4, -0.2) is 63.6 Å². The number of fused-ring (bicyclic) bond motifs is 6. The average Bonchev–Trinajstić information content (AvgIpc) is 3.45. The number of carbonyl (C=O) groups is 3. The van der Waals surface area contributed by atoms with Crippen molar-refractivity contribution >= 4 is 17.7 Å². The molecule has 0 aromatic rings. The molecule has 0 amide bonds. The minimum Gasteiger partial charge on any atom is -0.460 e. The lowest BCUT2D eigenvalue weighted by Crippen LogP contribution is -2.60. The molecule has 12 atom stereocenters. The summed E-state index contributed by atoms with van der Waals surface area (Å²) in [6.45, 7) is 14.7. The molecule has 41 heavy (non-hydrogen) atoms. The Balaban J connectivity index is 1.48. The lowest BCUT2D eigenvalue weighted by Gasteiger charge is -2.60. The third-order valence-electron chi connectivity index (χ3n) is 13.3. The maximum Gasteiger partial charge on any atom is 0.303 e. The Bertz CT molecular complexity index is 1090. The van der Waals surface area contributed by atoms with Gasteiger partial charge in [0.2, 0.25) is 0 Å². The zero-order valence-corrected chi connectivity index (χ0v) is 26.3. The van der Waals surface area contributed by atoms with E-state index in [0.717, 1.165) is 32.1 Å². The first-order valence-electron chi connectivity index (χ1n) is 15.9. The number of ether oxygens (including phenoxy) is 3. The average molecular weight is 577 g/mol. The first kappa shape index (κ1) is 30.9. The predicted octanol–water partition coefficient (Wildman–Crippen LogP) is 4.61. The zero-order valence-electron chi connectivity index (χ0n) is 26.3. The first-order chi connectivity index (χ1) is 19.0. The van der Waals surface area contributed by atoms with Crippen LogP contribution in [0, 0.1) is 46.3 Å². The monoisotopic (exact) mass is 576 g/mol. The number of ketones is 1. The highest BCUT2D eigenvalue weighted by Gasteiger charge is 2.87. The van der Waals surface area contributed by atoms with Crippen LogP contribution in [0.3, 0.4) is 0 Å². The van der Waals surface area contributed by atoms with E-state index < -0.39 is 40.4 Å². The molecule has 0 aromatic heterocycles. The molecule has 5 aliphatic rings. The fourth-order valence-corrected chi connectivity index (χ4v) is 11.0. The molecule has 0 aromatic carbocycles. The second-order valence-corrected chi connectivity index (χ2v) is 15.3. The number of hydrogen-bond acceptors (Lipinski definition) is 8. The van der Waals surface area contributed by atoms with Gasteiger partial charge in [-0.3, -0.25) is 14.4 Å². The lowest BCUT2D eigenvalue weighted by molar-refractivity contribution is -0.170. The van der Waals surface area contributed by atoms with E-state index in [1.165, 1.54) is 13.8 Å². The van der Waals surface area contributed by atoms with Crippen molar-refractivity contribution in [2.24, 2.45) is 46.3 Å². The van der Waals surface area contributed by atoms with E-state index in [1.54, 1.807) is 0 Å². The van der Waals surface area contributed by atoms with Crippen LogP contribution in [-0.2, 0) is 28.6 Å². The molecule has 8 nitrogen and oxygen atoms in total. The topological polar surface area (TPSA) is 123 Å². The van der Waals surface area contributed by atoms with Crippen molar-refractivity contribution in [2.45, 2.75) is 136 Å². The molecule has 232 valence electrons. The molecule has 2 N–H and O–H groups in total. The fraction of sp³-hybridized carbons (Fsp3) is 0.909. The molecule has 1 spiro atoms. The summed E-state index contributed by atoms with van der Waals surface area (Å²) in [6.07, 6.45) is 4.99. The summed E-state index contributed by atoms with van der Waals surface area (Å²) in [5, 5.41) is 23.1. The van der Waals surface area contributed by atoms with Crippen molar-refractivity contribution in [3.05, 3.63) is 0 Å². The summed E-state index contributed by atoms with van der Waals surface area (Å²) in [7, 11) is 0. The van der Waals surface area contributed by atoms with Crippen LogP contribution in [0.2, 0.25) is 0 Å². The Morgan fingerprint density at radius 1 is 1.07 bits per heavy atom. The number of epoxide rings is 1. The maximum absolute atomic E-state index is 12.5. The molecule has 5 rings (SSSR count). The van der Waals surface area contributed by atoms with Crippen molar-refractivity contribution in [3.8, 4) is 0 Å². The van der Waals surface area contributed by atoms with Crippen LogP contribution in [0.4, 0.5) is 0 Å². The highest BCUT2D eigenvalue weighted by molar-refractivity contribution is 5.79. The summed E-state index contributed by atoms with van der Waals surface area (Å²) in [5.41, 5.74) is -3.41. The molecule has 1 saturated heterocycles. The minimum atomic E-state index is -1.04. The van der Waals surface area contributed by atoms with Gasteiger partial charge in [0.25, 0.3) is 0 Å². The van der Waals surface area contributed by atoms with Gasteiger partial charge in [-0.2, -0.15) is 0 Å². The predicted molar refractivity (Wildman–Crippen MR) is 151 cm³/mol. The molecule has 5 fully saturated rings. The van der Waals surface area contributed by atoms with Crippen LogP contribution in [0.15, 0.2) is 0 Å². The van der Waals surface area contributed by atoms with Crippen molar-refractivity contribution in [1.29, 1.82) is 0 Å². The Kier molecular flexibility index (Phi) is 7.56. The third-order valence-corrected chi connectivity index (χ3v) is 13.3. The maximum atomic E-state index is 12.5. The number of rotatable bonds is 7. The molecular formula is C33H52O8. The summed E-state index contributed by atoms with van der Waals surface area (Å²) in [5.74, 6) is 0.416. The number of aliphatic hydroxyl groups excluding tert-OH is 2. The van der Waals surface area contributed by atoms with E-state index in [1.807, 2.05) is 34.6 Å². The van der Waals surface area contributed by atoms with E-state index in [0.29, 0.717) is 42.8 Å². The highest BCUT2D eigenvalue weighted by atomic mass is 16.7. The van der Waals surface area contributed by atoms with Crippen LogP contribution in [0.1, 0.15) is 107 Å². The SMILES string of the molecule is CC(=O)OC(C(C)C(C)C(C)(C)OC(C)=O)C1(C)OC12C(O)CC1C3CCC4CC(=O)CCC4(C)C3CCC12CO. The number of hydrogen-bond donors (Lipinski definition) is 2. The molecular weight excluding hydrogens is 524 g/mol. The molecule has 1 heterocycles. The normalized spacial score (nSPS) is 45.6. The Labute approximate surface area is 245 Å². The molecule has 1 aliphatic heterocycles. The summed E-state index contributed by atoms with van der Waals surface area (Å²) in [6, 6.07) is 0. The quantitative estimate of drug-likeness (QED) is 0.333. The van der Waals surface area contributed by atoms with E-state index in [9.17, 15) is 24.6 Å². The van der Waals surface area contributed by atoms with Gasteiger partial charge in [0, 0.05) is 43.9 Å². The number of carbonyl (C=O) groups excluding carboxylic acids is 3. The van der Waals surface area contributed by atoms with Gasteiger partial charge in [0.1, 0.15) is 28.7 Å². The second-order valence-electron chi connectivity index (χ2n) is 15.3. The molecule has 12 unspecified atom stereocenters. The van der Waals surface area contributed by atoms with E-state index in [2.05, 4.69) is 6.92 Å². The third kappa shape index (κ3) is 4.28. The minimum absolute atomic E-state index is 0.0849. The number of aliphatic hydroxyl groups is 2. The van der Waals surface area contributed by atoms with Crippen molar-refractivity contribution < 1.29 is 38.8 Å². The number of esters is 2. The largest absolute Gasteiger partial charge is 0.460 e. The van der Waals surface area contributed by atoms with Crippen LogP contribution >= 0.6 is 0 Å². The summed E-state index contributed by atoms with van der Waals surface area (Å²) < 4.78 is 18.4. The standard InChI is InChI=1S/C33H52O8/c1-18(19(2)29(5,6)40-21(4)36)28(39-20(3)35)31(8)33(41-31)27(38)16-26-24-10-9-22-15-23(37)11-13-30(22,7)25(24)12-14-32(26,33)17-34/h18-19,22,24-28,34,38H,9-17H2,1-8H3. The van der Waals surface area contributed by atoms with Gasteiger partial charge < -0.3 is 24.4 Å². The summed E-state index contributed by atoms with van der Waals surface area (Å²) in [4.78, 5) is 36.7. The van der Waals surface area contributed by atoms with Crippen LogP contribution in [0.25, 0.3) is 0 Å². The fourth-order valence-electron chi connectivity index (χ4n) is 11.0. The van der Waals surface area contributed by atoms with E-state index >= 15 is 0 Å². The van der Waals surface area contributed by atoms with Crippen molar-refractivity contribution in [1.82, 2.24) is 0 Å². The van der Waals surface area contributed by atoms with Crippen molar-refractivity contribution in [2.75, 3.05) is 6.61 Å². The number of Topliss-reactive ketones (excluding diaryl/α,β-unsaturated/α-hetero) is 1. The smallest absolute Gasteiger partial charge is 0.303 e. The Morgan fingerprint density at radius 2 is 1.76 bits per heavy atom. The van der Waals surface area contributed by atoms with Crippen LogP contribution < -0.4 is 0 Å². The molecule has 8 heteroatoms. The zero-order chi connectivity index (χ0) is 30.3. The first-order valence-corrected chi connectivity index (χ1v) is 15.9. The van der Waals surface area contributed by atoms with Gasteiger partial charge in [-0.05, 0) is 88.4 Å². The van der Waals surface area contributed by atoms with Gasteiger partial charge in [-0.15, -0.1) is 0 Å². The van der Waals surface area contributed by atoms with E-state index in [-0.39, 0.29) is 35.7 Å². The highest BCUT2D eigenvalue weighted by Crippen LogP contribution is 2.76. The van der Waals surface area contributed by atoms with E-state index in [4.69, 9.17) is 14.2 Å². The van der Waals surface area contributed by atoms with Crippen LogP contribution in [0.5, 0.6) is 0 Å². The van der Waals surface area contributed by atoms with Gasteiger partial charge in [-0.25, -0.2) is 0 Å².